The van der Waals surface area contributed by atoms with Crippen molar-refractivity contribution in [3.63, 3.8) is 0 Å². The summed E-state index contributed by atoms with van der Waals surface area (Å²) >= 11 is 6.11. The highest BCUT2D eigenvalue weighted by molar-refractivity contribution is 7.87. The van der Waals surface area contributed by atoms with Gasteiger partial charge in [-0.2, -0.15) is 8.42 Å². The number of barbiturate groups is 1. The van der Waals surface area contributed by atoms with Crippen LogP contribution in [0.1, 0.15) is 5.56 Å². The van der Waals surface area contributed by atoms with Gasteiger partial charge in [-0.1, -0.05) is 54.1 Å². The van der Waals surface area contributed by atoms with Crippen molar-refractivity contribution in [2.24, 2.45) is 0 Å². The molecule has 0 radical (unpaired) electrons. The third-order valence-corrected chi connectivity index (χ3v) is 6.20. The van der Waals surface area contributed by atoms with Gasteiger partial charge in [-0.3, -0.25) is 14.9 Å². The summed E-state index contributed by atoms with van der Waals surface area (Å²) in [7, 11) is -4.01. The second-order valence-electron chi connectivity index (χ2n) is 6.83. The molecule has 1 saturated heterocycles. The summed E-state index contributed by atoms with van der Waals surface area (Å²) in [5.74, 6) is -1.66. The van der Waals surface area contributed by atoms with E-state index in [0.29, 0.717) is 5.56 Å². The molecule has 0 unspecified atom stereocenters. The number of halogens is 1. The average Bonchev–Trinajstić information content (AvgIpc) is 2.79. The molecule has 33 heavy (non-hydrogen) atoms. The summed E-state index contributed by atoms with van der Waals surface area (Å²) in [6, 6.07) is 18.7. The first-order chi connectivity index (χ1) is 15.8. The van der Waals surface area contributed by atoms with Gasteiger partial charge < -0.3 is 4.18 Å². The lowest BCUT2D eigenvalue weighted by Gasteiger charge is -2.27. The summed E-state index contributed by atoms with van der Waals surface area (Å²) in [5.41, 5.74) is 0.251. The molecule has 0 aromatic heterocycles. The molecule has 1 fully saturated rings. The van der Waals surface area contributed by atoms with E-state index in [4.69, 9.17) is 15.8 Å². The van der Waals surface area contributed by atoms with Gasteiger partial charge in [-0.15, -0.1) is 0 Å². The Balaban J connectivity index is 1.59. The fraction of sp³-hybridized carbons (Fsp3) is 0. The molecule has 1 aliphatic rings. The van der Waals surface area contributed by atoms with Gasteiger partial charge in [0.05, 0.1) is 10.7 Å². The SMILES string of the molecule is O=C1NC(=O)N(c2ccccc2Cl)C(=O)/C1=C/c1ccc(OS(=O)(=O)c2ccccc2)cc1. The van der Waals surface area contributed by atoms with Crippen LogP contribution < -0.4 is 14.4 Å². The number of hydrogen-bond donors (Lipinski definition) is 1. The second kappa shape index (κ2) is 8.89. The van der Waals surface area contributed by atoms with E-state index in [1.807, 2.05) is 0 Å². The zero-order valence-corrected chi connectivity index (χ0v) is 18.3. The minimum Gasteiger partial charge on any atom is -0.379 e. The minimum absolute atomic E-state index is 0.00463. The van der Waals surface area contributed by atoms with Crippen LogP contribution in [0.15, 0.2) is 89.3 Å². The van der Waals surface area contributed by atoms with Gasteiger partial charge in [-0.05, 0) is 48.0 Å². The summed E-state index contributed by atoms with van der Waals surface area (Å²) in [6.45, 7) is 0. The van der Waals surface area contributed by atoms with Crippen LogP contribution in [0.25, 0.3) is 6.08 Å². The van der Waals surface area contributed by atoms with E-state index < -0.39 is 28.0 Å². The Morgan fingerprint density at radius 3 is 2.15 bits per heavy atom. The normalized spacial score (nSPS) is 15.5. The predicted octanol–water partition coefficient (Wildman–Crippen LogP) is 3.77. The van der Waals surface area contributed by atoms with Crippen molar-refractivity contribution in [3.05, 3.63) is 95.0 Å². The number of hydrogen-bond acceptors (Lipinski definition) is 6. The Labute approximate surface area is 194 Å². The molecule has 0 saturated carbocycles. The lowest BCUT2D eigenvalue weighted by atomic mass is 10.1. The molecule has 1 N–H and O–H groups in total. The van der Waals surface area contributed by atoms with Crippen LogP contribution in [0.2, 0.25) is 5.02 Å². The maximum atomic E-state index is 12.9. The monoisotopic (exact) mass is 482 g/mol. The number of anilines is 1. The van der Waals surface area contributed by atoms with Crippen LogP contribution in [-0.2, 0) is 19.7 Å². The van der Waals surface area contributed by atoms with Crippen LogP contribution in [0.3, 0.4) is 0 Å². The number of amides is 4. The van der Waals surface area contributed by atoms with Gasteiger partial charge in [0.2, 0.25) is 0 Å². The number of nitrogens with zero attached hydrogens (tertiary/aromatic N) is 1. The number of para-hydroxylation sites is 1. The third-order valence-electron chi connectivity index (χ3n) is 4.62. The minimum atomic E-state index is -4.01. The predicted molar refractivity (Wildman–Crippen MR) is 121 cm³/mol. The summed E-state index contributed by atoms with van der Waals surface area (Å²) in [5, 5.41) is 2.28. The molecule has 3 aromatic carbocycles. The lowest BCUT2D eigenvalue weighted by Crippen LogP contribution is -2.54. The summed E-state index contributed by atoms with van der Waals surface area (Å²) in [6.07, 6.45) is 1.28. The Bertz CT molecular complexity index is 1390. The molecule has 0 spiro atoms. The molecule has 4 rings (SSSR count). The van der Waals surface area contributed by atoms with Gasteiger partial charge in [0, 0.05) is 0 Å². The number of carbonyl (C=O) groups excluding carboxylic acids is 3. The van der Waals surface area contributed by atoms with E-state index >= 15 is 0 Å². The Hall–Kier alpha value is -3.95. The summed E-state index contributed by atoms with van der Waals surface area (Å²) < 4.78 is 29.8. The first-order valence-electron chi connectivity index (χ1n) is 9.52. The Morgan fingerprint density at radius 1 is 0.848 bits per heavy atom. The Kier molecular flexibility index (Phi) is 5.99. The topological polar surface area (TPSA) is 110 Å². The smallest absolute Gasteiger partial charge is 0.339 e. The Morgan fingerprint density at radius 2 is 1.48 bits per heavy atom. The number of imide groups is 2. The molecular formula is C23H15ClN2O6S. The second-order valence-corrected chi connectivity index (χ2v) is 8.78. The third kappa shape index (κ3) is 4.64. The van der Waals surface area contributed by atoms with Gasteiger partial charge in [0.1, 0.15) is 16.2 Å². The van der Waals surface area contributed by atoms with Gasteiger partial charge in [-0.25, -0.2) is 9.69 Å². The van der Waals surface area contributed by atoms with Gasteiger partial charge in [0.15, 0.2) is 0 Å². The first-order valence-corrected chi connectivity index (χ1v) is 11.3. The standard InChI is InChI=1S/C23H15ClN2O6S/c24-19-8-4-5-9-20(19)26-22(28)18(21(27)25-23(26)29)14-15-10-12-16(13-11-15)32-33(30,31)17-6-2-1-3-7-17/h1-14H,(H,25,27,29)/b18-14+. The van der Waals surface area contributed by atoms with Crippen LogP contribution in [-0.4, -0.2) is 26.3 Å². The molecule has 166 valence electrons. The molecule has 0 aliphatic carbocycles. The van der Waals surface area contributed by atoms with Crippen molar-refractivity contribution in [2.75, 3.05) is 4.90 Å². The maximum absolute atomic E-state index is 12.9. The molecule has 0 atom stereocenters. The number of urea groups is 1. The van der Waals surface area contributed by atoms with E-state index in [1.165, 1.54) is 54.6 Å². The maximum Gasteiger partial charge on any atom is 0.339 e. The number of benzene rings is 3. The highest BCUT2D eigenvalue weighted by Crippen LogP contribution is 2.29. The van der Waals surface area contributed by atoms with E-state index in [-0.39, 0.29) is 26.9 Å². The fourth-order valence-corrected chi connectivity index (χ4v) is 4.23. The number of nitrogens with one attached hydrogen (secondary N) is 1. The lowest BCUT2D eigenvalue weighted by molar-refractivity contribution is -0.122. The van der Waals surface area contributed by atoms with Crippen molar-refractivity contribution in [2.45, 2.75) is 4.90 Å². The molecule has 3 aromatic rings. The highest BCUT2D eigenvalue weighted by Gasteiger charge is 2.37. The van der Waals surface area contributed by atoms with Crippen molar-refractivity contribution in [1.29, 1.82) is 0 Å². The van der Waals surface area contributed by atoms with Crippen molar-refractivity contribution in [3.8, 4) is 5.75 Å². The molecule has 8 nitrogen and oxygen atoms in total. The zero-order chi connectivity index (χ0) is 23.6. The van der Waals surface area contributed by atoms with Crippen LogP contribution in [0.5, 0.6) is 5.75 Å². The molecular weight excluding hydrogens is 468 g/mol. The quantitative estimate of drug-likeness (QED) is 0.337. The van der Waals surface area contributed by atoms with Crippen LogP contribution in [0.4, 0.5) is 10.5 Å². The number of carbonyl (C=O) groups is 3. The van der Waals surface area contributed by atoms with E-state index in [9.17, 15) is 22.8 Å². The molecule has 1 heterocycles. The van der Waals surface area contributed by atoms with E-state index in [2.05, 4.69) is 5.32 Å². The number of rotatable bonds is 5. The summed E-state index contributed by atoms with van der Waals surface area (Å²) in [4.78, 5) is 38.3. The largest absolute Gasteiger partial charge is 0.379 e. The van der Waals surface area contributed by atoms with E-state index in [1.54, 1.807) is 30.3 Å². The zero-order valence-electron chi connectivity index (χ0n) is 16.8. The van der Waals surface area contributed by atoms with Crippen molar-refractivity contribution >= 4 is 51.3 Å². The first kappa shape index (κ1) is 22.3. The average molecular weight is 483 g/mol. The van der Waals surface area contributed by atoms with Crippen molar-refractivity contribution in [1.82, 2.24) is 5.32 Å². The highest BCUT2D eigenvalue weighted by atomic mass is 35.5. The molecule has 0 bridgehead atoms. The molecule has 1 aliphatic heterocycles. The molecule has 4 amide bonds. The van der Waals surface area contributed by atoms with Gasteiger partial charge in [0.25, 0.3) is 11.8 Å². The van der Waals surface area contributed by atoms with Crippen LogP contribution in [0, 0.1) is 0 Å². The molecule has 10 heteroatoms. The fourth-order valence-electron chi connectivity index (χ4n) is 3.06. The van der Waals surface area contributed by atoms with Gasteiger partial charge >= 0.3 is 16.1 Å². The van der Waals surface area contributed by atoms with E-state index in [0.717, 1.165) is 4.90 Å². The van der Waals surface area contributed by atoms with Crippen LogP contribution >= 0.6 is 11.6 Å². The van der Waals surface area contributed by atoms with Crippen molar-refractivity contribution < 1.29 is 27.0 Å².